The molecule has 0 aromatic carbocycles. The zero-order valence-electron chi connectivity index (χ0n) is 9.83. The van der Waals surface area contributed by atoms with Crippen molar-refractivity contribution >= 4 is 5.91 Å². The number of nitrogens with one attached hydrogen (secondary N) is 1. The Morgan fingerprint density at radius 3 is 2.87 bits per heavy atom. The molecule has 0 aromatic heterocycles. The van der Waals surface area contributed by atoms with Gasteiger partial charge in [0.25, 0.3) is 0 Å². The highest BCUT2D eigenvalue weighted by Gasteiger charge is 2.25. The summed E-state index contributed by atoms with van der Waals surface area (Å²) >= 11 is 0. The average molecular weight is 213 g/mol. The largest absolute Gasteiger partial charge is 0.340 e. The van der Waals surface area contributed by atoms with E-state index in [1.165, 1.54) is 0 Å². The first kappa shape index (κ1) is 12.5. The van der Waals surface area contributed by atoms with Gasteiger partial charge < -0.3 is 16.0 Å². The van der Waals surface area contributed by atoms with E-state index in [1.807, 2.05) is 11.8 Å². The Balaban J connectivity index is 2.49. The van der Waals surface area contributed by atoms with Crippen LogP contribution in [0.15, 0.2) is 0 Å². The Morgan fingerprint density at radius 2 is 2.20 bits per heavy atom. The fraction of sp³-hybridized carbons (Fsp3) is 0.909. The molecule has 1 saturated heterocycles. The summed E-state index contributed by atoms with van der Waals surface area (Å²) in [5, 5.41) is 3.28. The summed E-state index contributed by atoms with van der Waals surface area (Å²) < 4.78 is 0. The minimum absolute atomic E-state index is 0.119. The summed E-state index contributed by atoms with van der Waals surface area (Å²) in [6.45, 7) is 7.64. The normalized spacial score (nSPS) is 21.9. The molecular formula is C11H23N3O. The SMILES string of the molecule is CCC(C)C(N)C(=O)N1CCCNCC1. The van der Waals surface area contributed by atoms with E-state index in [2.05, 4.69) is 12.2 Å². The molecule has 0 aliphatic carbocycles. The molecule has 88 valence electrons. The minimum atomic E-state index is -0.326. The molecule has 1 aliphatic rings. The van der Waals surface area contributed by atoms with E-state index in [4.69, 9.17) is 5.73 Å². The summed E-state index contributed by atoms with van der Waals surface area (Å²) in [5.41, 5.74) is 5.94. The summed E-state index contributed by atoms with van der Waals surface area (Å²) in [4.78, 5) is 13.9. The first-order valence-electron chi connectivity index (χ1n) is 5.92. The fourth-order valence-electron chi connectivity index (χ4n) is 1.77. The van der Waals surface area contributed by atoms with Crippen LogP contribution in [0.1, 0.15) is 26.7 Å². The number of carbonyl (C=O) groups excluding carboxylic acids is 1. The van der Waals surface area contributed by atoms with Gasteiger partial charge >= 0.3 is 0 Å². The monoisotopic (exact) mass is 213 g/mol. The van der Waals surface area contributed by atoms with Crippen molar-refractivity contribution in [3.63, 3.8) is 0 Å². The standard InChI is InChI=1S/C11H23N3O/c1-3-9(2)10(12)11(15)14-7-4-5-13-6-8-14/h9-10,13H,3-8,12H2,1-2H3. The van der Waals surface area contributed by atoms with Crippen molar-refractivity contribution in [3.05, 3.63) is 0 Å². The zero-order chi connectivity index (χ0) is 11.3. The number of amides is 1. The quantitative estimate of drug-likeness (QED) is 0.703. The van der Waals surface area contributed by atoms with Crippen LogP contribution in [0.25, 0.3) is 0 Å². The molecule has 0 saturated carbocycles. The summed E-state index contributed by atoms with van der Waals surface area (Å²) in [6.07, 6.45) is 1.98. The maximum absolute atomic E-state index is 12.0. The van der Waals surface area contributed by atoms with Gasteiger partial charge in [-0.3, -0.25) is 4.79 Å². The molecule has 1 heterocycles. The van der Waals surface area contributed by atoms with E-state index in [1.54, 1.807) is 0 Å². The predicted molar refractivity (Wildman–Crippen MR) is 61.5 cm³/mol. The summed E-state index contributed by atoms with van der Waals surface area (Å²) in [6, 6.07) is -0.326. The van der Waals surface area contributed by atoms with Gasteiger partial charge in [-0.25, -0.2) is 0 Å². The number of hydrogen-bond acceptors (Lipinski definition) is 3. The smallest absolute Gasteiger partial charge is 0.239 e. The van der Waals surface area contributed by atoms with Gasteiger partial charge in [-0.05, 0) is 18.9 Å². The van der Waals surface area contributed by atoms with Crippen LogP contribution < -0.4 is 11.1 Å². The van der Waals surface area contributed by atoms with Crippen molar-refractivity contribution < 1.29 is 4.79 Å². The van der Waals surface area contributed by atoms with Crippen molar-refractivity contribution in [2.24, 2.45) is 11.7 Å². The van der Waals surface area contributed by atoms with Crippen molar-refractivity contribution in [1.82, 2.24) is 10.2 Å². The number of carbonyl (C=O) groups is 1. The lowest BCUT2D eigenvalue weighted by molar-refractivity contribution is -0.133. The molecule has 1 fully saturated rings. The molecule has 1 amide bonds. The molecule has 4 heteroatoms. The second kappa shape index (κ2) is 6.08. The molecule has 0 spiro atoms. The van der Waals surface area contributed by atoms with Gasteiger partial charge in [0.2, 0.25) is 5.91 Å². The van der Waals surface area contributed by atoms with Gasteiger partial charge in [0, 0.05) is 19.6 Å². The van der Waals surface area contributed by atoms with Crippen molar-refractivity contribution in [2.45, 2.75) is 32.7 Å². The van der Waals surface area contributed by atoms with Crippen LogP contribution in [0.2, 0.25) is 0 Å². The lowest BCUT2D eigenvalue weighted by atomic mass is 9.99. The van der Waals surface area contributed by atoms with Crippen LogP contribution in [0.3, 0.4) is 0 Å². The molecule has 3 N–H and O–H groups in total. The second-order valence-electron chi connectivity index (χ2n) is 4.34. The summed E-state index contributed by atoms with van der Waals surface area (Å²) in [7, 11) is 0. The third kappa shape index (κ3) is 3.47. The van der Waals surface area contributed by atoms with Crippen molar-refractivity contribution in [2.75, 3.05) is 26.2 Å². The topological polar surface area (TPSA) is 58.4 Å². The minimum Gasteiger partial charge on any atom is -0.340 e. The fourth-order valence-corrected chi connectivity index (χ4v) is 1.77. The van der Waals surface area contributed by atoms with Crippen LogP contribution in [-0.4, -0.2) is 43.0 Å². The molecule has 2 unspecified atom stereocenters. The Kier molecular flexibility index (Phi) is 5.05. The molecule has 2 atom stereocenters. The first-order chi connectivity index (χ1) is 7.16. The lowest BCUT2D eigenvalue weighted by Crippen LogP contribution is -2.48. The average Bonchev–Trinajstić information content (AvgIpc) is 2.54. The number of nitrogens with two attached hydrogens (primary N) is 1. The Morgan fingerprint density at radius 1 is 1.47 bits per heavy atom. The van der Waals surface area contributed by atoms with Crippen molar-refractivity contribution in [3.8, 4) is 0 Å². The first-order valence-corrected chi connectivity index (χ1v) is 5.92. The number of rotatable bonds is 3. The molecule has 1 aliphatic heterocycles. The Hall–Kier alpha value is -0.610. The van der Waals surface area contributed by atoms with Gasteiger partial charge in [0.05, 0.1) is 6.04 Å². The van der Waals surface area contributed by atoms with E-state index < -0.39 is 0 Å². The maximum atomic E-state index is 12.0. The molecular weight excluding hydrogens is 190 g/mol. The second-order valence-corrected chi connectivity index (χ2v) is 4.34. The van der Waals surface area contributed by atoms with Gasteiger partial charge in [0.1, 0.15) is 0 Å². The van der Waals surface area contributed by atoms with Crippen LogP contribution in [0.5, 0.6) is 0 Å². The van der Waals surface area contributed by atoms with Gasteiger partial charge in [-0.15, -0.1) is 0 Å². The zero-order valence-corrected chi connectivity index (χ0v) is 9.83. The highest BCUT2D eigenvalue weighted by atomic mass is 16.2. The number of hydrogen-bond donors (Lipinski definition) is 2. The van der Waals surface area contributed by atoms with Crippen LogP contribution >= 0.6 is 0 Å². The Bertz CT molecular complexity index is 200. The highest BCUT2D eigenvalue weighted by Crippen LogP contribution is 2.09. The molecule has 0 radical (unpaired) electrons. The molecule has 15 heavy (non-hydrogen) atoms. The van der Waals surface area contributed by atoms with Crippen molar-refractivity contribution in [1.29, 1.82) is 0 Å². The van der Waals surface area contributed by atoms with E-state index in [0.717, 1.165) is 39.0 Å². The maximum Gasteiger partial charge on any atom is 0.239 e. The lowest BCUT2D eigenvalue weighted by Gasteiger charge is -2.26. The van der Waals surface area contributed by atoms with E-state index in [-0.39, 0.29) is 17.9 Å². The van der Waals surface area contributed by atoms with Gasteiger partial charge in [-0.2, -0.15) is 0 Å². The third-order valence-corrected chi connectivity index (χ3v) is 3.19. The van der Waals surface area contributed by atoms with Crippen LogP contribution in [-0.2, 0) is 4.79 Å². The number of nitrogens with zero attached hydrogens (tertiary/aromatic N) is 1. The molecule has 0 aromatic rings. The third-order valence-electron chi connectivity index (χ3n) is 3.19. The summed E-state index contributed by atoms with van der Waals surface area (Å²) in [5.74, 6) is 0.391. The van der Waals surface area contributed by atoms with Crippen LogP contribution in [0, 0.1) is 5.92 Å². The van der Waals surface area contributed by atoms with Crippen LogP contribution in [0.4, 0.5) is 0 Å². The molecule has 0 bridgehead atoms. The molecule has 4 nitrogen and oxygen atoms in total. The predicted octanol–water partition coefficient (Wildman–Crippen LogP) is 0.182. The van der Waals surface area contributed by atoms with E-state index in [9.17, 15) is 4.79 Å². The van der Waals surface area contributed by atoms with Gasteiger partial charge in [-0.1, -0.05) is 20.3 Å². The molecule has 1 rings (SSSR count). The van der Waals surface area contributed by atoms with E-state index in [0.29, 0.717) is 0 Å². The van der Waals surface area contributed by atoms with Gasteiger partial charge in [0.15, 0.2) is 0 Å². The van der Waals surface area contributed by atoms with E-state index >= 15 is 0 Å². The highest BCUT2D eigenvalue weighted by molar-refractivity contribution is 5.82. The Labute approximate surface area is 92.2 Å².